The highest BCUT2D eigenvalue weighted by Gasteiger charge is 2.41. The largest absolute Gasteiger partial charge is 0.418 e. The summed E-state index contributed by atoms with van der Waals surface area (Å²) < 4.78 is 50.6. The van der Waals surface area contributed by atoms with Crippen LogP contribution < -0.4 is 4.90 Å². The fourth-order valence-electron chi connectivity index (χ4n) is 2.46. The highest BCUT2D eigenvalue weighted by molar-refractivity contribution is 5.97. The maximum Gasteiger partial charge on any atom is 0.418 e. The van der Waals surface area contributed by atoms with E-state index < -0.39 is 24.1 Å². The number of alkyl halides is 3. The van der Waals surface area contributed by atoms with Gasteiger partial charge in [0.15, 0.2) is 5.82 Å². The molecule has 0 radical (unpaired) electrons. The quantitative estimate of drug-likeness (QED) is 0.798. The van der Waals surface area contributed by atoms with E-state index in [4.69, 9.17) is 9.47 Å². The molecule has 1 aliphatic heterocycles. The number of esters is 1. The Labute approximate surface area is 135 Å². The van der Waals surface area contributed by atoms with Crippen LogP contribution in [0.15, 0.2) is 42.6 Å². The number of rotatable bonds is 3. The summed E-state index contributed by atoms with van der Waals surface area (Å²) in [7, 11) is 0. The third-order valence-electron chi connectivity index (χ3n) is 3.43. The van der Waals surface area contributed by atoms with Crippen LogP contribution in [0.4, 0.5) is 24.7 Å². The van der Waals surface area contributed by atoms with Gasteiger partial charge in [-0.15, -0.1) is 0 Å². The molecule has 8 heteroatoms. The Kier molecular flexibility index (Phi) is 4.15. The van der Waals surface area contributed by atoms with E-state index in [-0.39, 0.29) is 23.7 Å². The first-order valence-electron chi connectivity index (χ1n) is 7.16. The molecule has 1 aromatic carbocycles. The fourth-order valence-corrected chi connectivity index (χ4v) is 2.46. The molecule has 5 nitrogen and oxygen atoms in total. The molecule has 1 aliphatic rings. The number of carbonyl (C=O) groups excluding carboxylic acids is 1. The summed E-state index contributed by atoms with van der Waals surface area (Å²) in [6, 6.07) is 7.94. The Hall–Kier alpha value is -2.61. The number of fused-ring (bicyclic) bond motifs is 1. The number of anilines is 2. The van der Waals surface area contributed by atoms with E-state index in [0.29, 0.717) is 0 Å². The van der Waals surface area contributed by atoms with E-state index >= 15 is 0 Å². The smallest absolute Gasteiger partial charge is 0.412 e. The topological polar surface area (TPSA) is 51.7 Å². The summed E-state index contributed by atoms with van der Waals surface area (Å²) in [4.78, 5) is 17.2. The molecular formula is C16H13F3N2O3. The van der Waals surface area contributed by atoms with Gasteiger partial charge in [0.05, 0.1) is 11.3 Å². The van der Waals surface area contributed by atoms with Gasteiger partial charge in [-0.25, -0.2) is 9.78 Å². The van der Waals surface area contributed by atoms with Crippen molar-refractivity contribution in [2.45, 2.75) is 19.5 Å². The highest BCUT2D eigenvalue weighted by atomic mass is 19.4. The molecule has 0 fully saturated rings. The number of para-hydroxylation sites is 1. The lowest BCUT2D eigenvalue weighted by Gasteiger charge is -2.36. The van der Waals surface area contributed by atoms with Gasteiger partial charge in [-0.2, -0.15) is 13.2 Å². The van der Waals surface area contributed by atoms with E-state index in [1.165, 1.54) is 36.5 Å². The van der Waals surface area contributed by atoms with Crippen LogP contribution in [0.1, 0.15) is 22.8 Å². The molecule has 1 unspecified atom stereocenters. The minimum Gasteiger partial charge on any atom is -0.412 e. The number of hydrogen-bond acceptors (Lipinski definition) is 5. The van der Waals surface area contributed by atoms with Crippen molar-refractivity contribution in [2.24, 2.45) is 0 Å². The maximum absolute atomic E-state index is 13.4. The molecule has 0 saturated heterocycles. The highest BCUT2D eigenvalue weighted by Crippen LogP contribution is 2.42. The second-order valence-electron chi connectivity index (χ2n) is 4.93. The van der Waals surface area contributed by atoms with Gasteiger partial charge in [0, 0.05) is 12.8 Å². The second kappa shape index (κ2) is 6.12. The summed E-state index contributed by atoms with van der Waals surface area (Å²) in [5.74, 6) is -0.638. The first-order valence-corrected chi connectivity index (χ1v) is 7.16. The van der Waals surface area contributed by atoms with Crippen molar-refractivity contribution in [2.75, 3.05) is 11.5 Å². The van der Waals surface area contributed by atoms with Crippen molar-refractivity contribution in [1.29, 1.82) is 0 Å². The summed E-state index contributed by atoms with van der Waals surface area (Å²) in [5, 5.41) is 0. The third kappa shape index (κ3) is 2.80. The summed E-state index contributed by atoms with van der Waals surface area (Å²) in [6.07, 6.45) is -4.51. The molecule has 24 heavy (non-hydrogen) atoms. The molecular weight excluding hydrogens is 325 g/mol. The summed E-state index contributed by atoms with van der Waals surface area (Å²) in [5.41, 5.74) is -0.995. The van der Waals surface area contributed by atoms with Crippen molar-refractivity contribution < 1.29 is 27.4 Å². The first-order chi connectivity index (χ1) is 11.4. The average Bonchev–Trinajstić information content (AvgIpc) is 2.55. The monoisotopic (exact) mass is 338 g/mol. The van der Waals surface area contributed by atoms with Gasteiger partial charge in [-0.1, -0.05) is 12.1 Å². The Morgan fingerprint density at radius 2 is 2.00 bits per heavy atom. The van der Waals surface area contributed by atoms with Crippen LogP contribution >= 0.6 is 0 Å². The SMILES string of the molecule is CCOC1OC(=O)c2cccnc2N1c1ccccc1C(F)(F)F. The number of carbonyl (C=O) groups is 1. The molecule has 1 aromatic heterocycles. The first kappa shape index (κ1) is 16.3. The van der Waals surface area contributed by atoms with Crippen LogP contribution in [0.3, 0.4) is 0 Å². The van der Waals surface area contributed by atoms with E-state index in [2.05, 4.69) is 4.98 Å². The third-order valence-corrected chi connectivity index (χ3v) is 3.43. The zero-order valence-electron chi connectivity index (χ0n) is 12.6. The number of pyridine rings is 1. The van der Waals surface area contributed by atoms with Crippen LogP contribution in [0.25, 0.3) is 0 Å². The number of ether oxygens (including phenoxy) is 2. The number of nitrogens with zero attached hydrogens (tertiary/aromatic N) is 2. The molecule has 0 saturated carbocycles. The second-order valence-corrected chi connectivity index (χ2v) is 4.93. The molecule has 0 N–H and O–H groups in total. The molecule has 2 aromatic rings. The average molecular weight is 338 g/mol. The number of cyclic esters (lactones) is 1. The van der Waals surface area contributed by atoms with Crippen LogP contribution in [-0.2, 0) is 15.7 Å². The number of aromatic nitrogens is 1. The zero-order valence-corrected chi connectivity index (χ0v) is 12.6. The lowest BCUT2D eigenvalue weighted by atomic mass is 10.1. The van der Waals surface area contributed by atoms with Gasteiger partial charge in [0.2, 0.25) is 0 Å². The van der Waals surface area contributed by atoms with Crippen LogP contribution in [0, 0.1) is 0 Å². The van der Waals surface area contributed by atoms with Gasteiger partial charge in [0.1, 0.15) is 5.56 Å². The lowest BCUT2D eigenvalue weighted by Crippen LogP contribution is -2.43. The molecule has 3 rings (SSSR count). The molecule has 0 aliphatic carbocycles. The molecule has 0 amide bonds. The molecule has 2 heterocycles. The van der Waals surface area contributed by atoms with Crippen molar-refractivity contribution in [1.82, 2.24) is 4.98 Å². The van der Waals surface area contributed by atoms with E-state index in [1.54, 1.807) is 6.92 Å². The summed E-state index contributed by atoms with van der Waals surface area (Å²) >= 11 is 0. The Balaban J connectivity index is 2.20. The minimum atomic E-state index is -4.58. The van der Waals surface area contributed by atoms with E-state index in [1.807, 2.05) is 0 Å². The van der Waals surface area contributed by atoms with E-state index in [9.17, 15) is 18.0 Å². The molecule has 0 bridgehead atoms. The predicted octanol–water partition coefficient (Wildman–Crippen LogP) is 3.73. The van der Waals surface area contributed by atoms with Crippen molar-refractivity contribution in [3.63, 3.8) is 0 Å². The van der Waals surface area contributed by atoms with Crippen molar-refractivity contribution >= 4 is 17.5 Å². The van der Waals surface area contributed by atoms with Gasteiger partial charge in [0.25, 0.3) is 6.41 Å². The Morgan fingerprint density at radius 1 is 1.25 bits per heavy atom. The van der Waals surface area contributed by atoms with E-state index in [0.717, 1.165) is 11.0 Å². The van der Waals surface area contributed by atoms with Crippen LogP contribution in [-0.4, -0.2) is 24.0 Å². The Morgan fingerprint density at radius 3 is 2.71 bits per heavy atom. The number of benzene rings is 1. The summed E-state index contributed by atoms with van der Waals surface area (Å²) in [6.45, 7) is 1.79. The lowest BCUT2D eigenvalue weighted by molar-refractivity contribution is -0.138. The minimum absolute atomic E-state index is 0.0592. The molecule has 1 atom stereocenters. The standard InChI is InChI=1S/C16H13F3N2O3/c1-2-23-15-21(12-8-4-3-7-11(12)16(17,18)19)13-10(14(22)24-15)6-5-9-20-13/h3-9,15H,2H2,1H3. The normalized spacial score (nSPS) is 17.4. The van der Waals surface area contributed by atoms with Crippen molar-refractivity contribution in [3.8, 4) is 0 Å². The van der Waals surface area contributed by atoms with Gasteiger partial charge >= 0.3 is 12.1 Å². The molecule has 126 valence electrons. The van der Waals surface area contributed by atoms with Gasteiger partial charge in [-0.3, -0.25) is 4.90 Å². The maximum atomic E-state index is 13.4. The van der Waals surface area contributed by atoms with Crippen LogP contribution in [0.2, 0.25) is 0 Å². The number of halogens is 3. The van der Waals surface area contributed by atoms with Crippen LogP contribution in [0.5, 0.6) is 0 Å². The van der Waals surface area contributed by atoms with Gasteiger partial charge < -0.3 is 9.47 Å². The predicted molar refractivity (Wildman–Crippen MR) is 78.6 cm³/mol. The van der Waals surface area contributed by atoms with Crippen molar-refractivity contribution in [3.05, 3.63) is 53.7 Å². The molecule has 0 spiro atoms. The Bertz CT molecular complexity index is 764. The number of hydrogen-bond donors (Lipinski definition) is 0. The van der Waals surface area contributed by atoms with Gasteiger partial charge in [-0.05, 0) is 31.2 Å². The fraction of sp³-hybridized carbons (Fsp3) is 0.250. The zero-order chi connectivity index (χ0) is 17.3.